The number of thioether (sulfide) groups is 1. The van der Waals surface area contributed by atoms with Crippen LogP contribution in [-0.2, 0) is 23.5 Å². The predicted octanol–water partition coefficient (Wildman–Crippen LogP) is 3.80. The van der Waals surface area contributed by atoms with E-state index in [9.17, 15) is 4.79 Å². The van der Waals surface area contributed by atoms with E-state index in [1.165, 1.54) is 16.3 Å². The molecule has 0 spiro atoms. The number of aromatic nitrogens is 3. The van der Waals surface area contributed by atoms with Gasteiger partial charge in [-0.1, -0.05) is 68.1 Å². The highest BCUT2D eigenvalue weighted by Gasteiger charge is 2.15. The number of rotatable bonds is 8. The molecular weight excluding hydrogens is 344 g/mol. The summed E-state index contributed by atoms with van der Waals surface area (Å²) in [5.74, 6) is 1.81. The number of nitrogens with zero attached hydrogens (tertiary/aromatic N) is 3. The summed E-state index contributed by atoms with van der Waals surface area (Å²) in [4.78, 5) is 11.1. The van der Waals surface area contributed by atoms with Crippen molar-refractivity contribution in [2.45, 2.75) is 44.1 Å². The second-order valence-electron chi connectivity index (χ2n) is 6.80. The first-order chi connectivity index (χ1) is 12.5. The van der Waals surface area contributed by atoms with E-state index in [0.717, 1.165) is 23.3 Å². The van der Waals surface area contributed by atoms with E-state index in [4.69, 9.17) is 5.73 Å². The van der Waals surface area contributed by atoms with E-state index < -0.39 is 0 Å². The van der Waals surface area contributed by atoms with Gasteiger partial charge >= 0.3 is 0 Å². The molecule has 2 aromatic carbocycles. The quantitative estimate of drug-likeness (QED) is 0.614. The molecule has 0 aliphatic carbocycles. The summed E-state index contributed by atoms with van der Waals surface area (Å²) in [6.45, 7) is 5.16. The Bertz CT molecular complexity index is 898. The highest BCUT2D eigenvalue weighted by molar-refractivity contribution is 7.98. The van der Waals surface area contributed by atoms with Gasteiger partial charge in [0.1, 0.15) is 5.82 Å². The van der Waals surface area contributed by atoms with Crippen LogP contribution in [0.4, 0.5) is 0 Å². The monoisotopic (exact) mass is 368 g/mol. The molecule has 0 saturated heterocycles. The molecule has 1 heterocycles. The summed E-state index contributed by atoms with van der Waals surface area (Å²) >= 11 is 1.69. The second-order valence-corrected chi connectivity index (χ2v) is 7.74. The molecule has 0 atom stereocenters. The minimum Gasteiger partial charge on any atom is -0.370 e. The fourth-order valence-corrected chi connectivity index (χ4v) is 3.93. The Morgan fingerprint density at radius 2 is 1.92 bits per heavy atom. The molecule has 5 nitrogen and oxygen atoms in total. The smallest absolute Gasteiger partial charge is 0.217 e. The number of fused-ring (bicyclic) bond motifs is 1. The minimum absolute atomic E-state index is 0.296. The van der Waals surface area contributed by atoms with Gasteiger partial charge < -0.3 is 10.3 Å². The van der Waals surface area contributed by atoms with Crippen molar-refractivity contribution in [2.75, 3.05) is 0 Å². The van der Waals surface area contributed by atoms with E-state index in [0.29, 0.717) is 18.8 Å². The summed E-state index contributed by atoms with van der Waals surface area (Å²) in [5, 5.41) is 12.1. The molecule has 3 aromatic rings. The van der Waals surface area contributed by atoms with Crippen LogP contribution in [0.1, 0.15) is 31.7 Å². The van der Waals surface area contributed by atoms with Crippen molar-refractivity contribution < 1.29 is 4.79 Å². The van der Waals surface area contributed by atoms with Crippen LogP contribution in [0.5, 0.6) is 0 Å². The van der Waals surface area contributed by atoms with Crippen LogP contribution < -0.4 is 5.73 Å². The Balaban J connectivity index is 1.81. The minimum atomic E-state index is -0.311. The SMILES string of the molecule is CC(C)Cn1c(CCC(N)=O)nnc1SCc1cccc2ccccc12. The maximum atomic E-state index is 11.1. The summed E-state index contributed by atoms with van der Waals surface area (Å²) in [6.07, 6.45) is 0.827. The van der Waals surface area contributed by atoms with Gasteiger partial charge in [0, 0.05) is 25.1 Å². The van der Waals surface area contributed by atoms with Crippen molar-refractivity contribution >= 4 is 28.4 Å². The Morgan fingerprint density at radius 3 is 2.69 bits per heavy atom. The van der Waals surface area contributed by atoms with Crippen molar-refractivity contribution in [2.24, 2.45) is 11.7 Å². The van der Waals surface area contributed by atoms with Crippen molar-refractivity contribution in [1.29, 1.82) is 0 Å². The number of amides is 1. The van der Waals surface area contributed by atoms with E-state index in [2.05, 4.69) is 71.1 Å². The van der Waals surface area contributed by atoms with E-state index in [1.54, 1.807) is 11.8 Å². The van der Waals surface area contributed by atoms with Gasteiger partial charge in [0.15, 0.2) is 5.16 Å². The van der Waals surface area contributed by atoms with Gasteiger partial charge in [0.2, 0.25) is 5.91 Å². The molecule has 2 N–H and O–H groups in total. The molecule has 0 fully saturated rings. The molecular formula is C20H24N4OS. The molecule has 0 unspecified atom stereocenters. The molecule has 136 valence electrons. The maximum Gasteiger partial charge on any atom is 0.217 e. The molecule has 0 radical (unpaired) electrons. The molecule has 3 rings (SSSR count). The van der Waals surface area contributed by atoms with Crippen LogP contribution in [0, 0.1) is 5.92 Å². The first kappa shape index (κ1) is 18.5. The van der Waals surface area contributed by atoms with Crippen LogP contribution in [0.15, 0.2) is 47.6 Å². The van der Waals surface area contributed by atoms with Crippen LogP contribution in [0.25, 0.3) is 10.8 Å². The van der Waals surface area contributed by atoms with E-state index >= 15 is 0 Å². The van der Waals surface area contributed by atoms with E-state index in [1.807, 2.05) is 0 Å². The summed E-state index contributed by atoms with van der Waals surface area (Å²) in [5.41, 5.74) is 6.57. The number of nitrogens with two attached hydrogens (primary N) is 1. The zero-order valence-electron chi connectivity index (χ0n) is 15.2. The number of aryl methyl sites for hydroxylation is 1. The number of carbonyl (C=O) groups excluding carboxylic acids is 1. The molecule has 6 heteroatoms. The van der Waals surface area contributed by atoms with Gasteiger partial charge in [-0.15, -0.1) is 10.2 Å². The van der Waals surface area contributed by atoms with Crippen molar-refractivity contribution in [3.63, 3.8) is 0 Å². The number of primary amides is 1. The average molecular weight is 369 g/mol. The lowest BCUT2D eigenvalue weighted by molar-refractivity contribution is -0.118. The van der Waals surface area contributed by atoms with Gasteiger partial charge in [-0.3, -0.25) is 4.79 Å². The van der Waals surface area contributed by atoms with Gasteiger partial charge in [-0.25, -0.2) is 0 Å². The Labute approximate surface area is 158 Å². The van der Waals surface area contributed by atoms with E-state index in [-0.39, 0.29) is 5.91 Å². The molecule has 0 bridgehead atoms. The van der Waals surface area contributed by atoms with Gasteiger partial charge in [-0.05, 0) is 22.3 Å². The average Bonchev–Trinajstić information content (AvgIpc) is 2.99. The van der Waals surface area contributed by atoms with Gasteiger partial charge in [-0.2, -0.15) is 0 Å². The molecule has 0 aliphatic rings. The first-order valence-corrected chi connectivity index (χ1v) is 9.83. The highest BCUT2D eigenvalue weighted by Crippen LogP contribution is 2.27. The fraction of sp³-hybridized carbons (Fsp3) is 0.350. The zero-order chi connectivity index (χ0) is 18.5. The number of benzene rings is 2. The van der Waals surface area contributed by atoms with Crippen molar-refractivity contribution in [3.8, 4) is 0 Å². The fourth-order valence-electron chi connectivity index (χ4n) is 2.95. The molecule has 26 heavy (non-hydrogen) atoms. The summed E-state index contributed by atoms with van der Waals surface area (Å²) < 4.78 is 2.13. The van der Waals surface area contributed by atoms with Gasteiger partial charge in [0.25, 0.3) is 0 Å². The summed E-state index contributed by atoms with van der Waals surface area (Å²) in [6, 6.07) is 14.8. The number of carbonyl (C=O) groups is 1. The van der Waals surface area contributed by atoms with Crippen LogP contribution >= 0.6 is 11.8 Å². The normalized spacial score (nSPS) is 11.3. The third-order valence-electron chi connectivity index (χ3n) is 4.17. The Morgan fingerprint density at radius 1 is 1.15 bits per heavy atom. The lowest BCUT2D eigenvalue weighted by atomic mass is 10.1. The Hall–Kier alpha value is -2.34. The number of hydrogen-bond acceptors (Lipinski definition) is 4. The lowest BCUT2D eigenvalue weighted by Gasteiger charge is -2.12. The Kier molecular flexibility index (Phi) is 5.93. The maximum absolute atomic E-state index is 11.1. The third-order valence-corrected chi connectivity index (χ3v) is 5.19. The second kappa shape index (κ2) is 8.36. The van der Waals surface area contributed by atoms with Crippen molar-refractivity contribution in [3.05, 3.63) is 53.9 Å². The summed E-state index contributed by atoms with van der Waals surface area (Å²) in [7, 11) is 0. The number of hydrogen-bond donors (Lipinski definition) is 1. The molecule has 1 amide bonds. The molecule has 1 aromatic heterocycles. The molecule has 0 saturated carbocycles. The van der Waals surface area contributed by atoms with Crippen LogP contribution in [0.3, 0.4) is 0 Å². The van der Waals surface area contributed by atoms with Crippen molar-refractivity contribution in [1.82, 2.24) is 14.8 Å². The zero-order valence-corrected chi connectivity index (χ0v) is 16.0. The third kappa shape index (κ3) is 4.43. The first-order valence-electron chi connectivity index (χ1n) is 8.84. The molecule has 0 aliphatic heterocycles. The van der Waals surface area contributed by atoms with Gasteiger partial charge in [0.05, 0.1) is 0 Å². The predicted molar refractivity (Wildman–Crippen MR) is 106 cm³/mol. The topological polar surface area (TPSA) is 73.8 Å². The largest absolute Gasteiger partial charge is 0.370 e. The lowest BCUT2D eigenvalue weighted by Crippen LogP contribution is -2.15. The van der Waals surface area contributed by atoms with Crippen LogP contribution in [-0.4, -0.2) is 20.7 Å². The van der Waals surface area contributed by atoms with Crippen LogP contribution in [0.2, 0.25) is 0 Å². The standard InChI is InChI=1S/C20H24N4OS/c1-14(2)12-24-19(11-10-18(21)25)22-23-20(24)26-13-16-8-5-7-15-6-3-4-9-17(15)16/h3-9,14H,10-13H2,1-2H3,(H2,21,25). The highest BCUT2D eigenvalue weighted by atomic mass is 32.2.